The van der Waals surface area contributed by atoms with Crippen LogP contribution in [-0.4, -0.2) is 64.2 Å². The van der Waals surface area contributed by atoms with E-state index in [1.807, 2.05) is 6.92 Å². The van der Waals surface area contributed by atoms with Crippen LogP contribution < -0.4 is 34.6 Å². The Kier molecular flexibility index (Phi) is 16.3. The molecule has 0 heterocycles. The highest BCUT2D eigenvalue weighted by molar-refractivity contribution is 6.27. The molecule has 0 fully saturated rings. The zero-order valence-electron chi connectivity index (χ0n) is 20.6. The van der Waals surface area contributed by atoms with E-state index in [4.69, 9.17) is 33.7 Å². The van der Waals surface area contributed by atoms with Crippen LogP contribution in [0.15, 0.2) is 0 Å². The molecule has 0 spiro atoms. The quantitative estimate of drug-likeness (QED) is 0.0212. The number of carbonyl (C=O) groups is 5. The van der Waals surface area contributed by atoms with Gasteiger partial charge < -0.3 is 34.8 Å². The molecule has 0 aliphatic carbocycles. The lowest BCUT2D eigenvalue weighted by atomic mass is 9.62. The molecule has 37 heavy (non-hydrogen) atoms. The average molecular weight is 557 g/mol. The Bertz CT molecular complexity index is 777. The standard InChI is InChI=1S/C18H36N6O12Si/c1-3-18(17(29)35-23,16(28)24-6-5-7-37-31-4-2)12(15(27)34-22)11(13(19)36-30)9(14(26)33-21)8-10(25)32-20/h9,11-13,30H,3-8,19-23,37H2,1-2H3,(H,24,28)/t9?,11?,12-,13?,18+/m1/s1. The lowest BCUT2D eigenvalue weighted by Gasteiger charge is -2.41. The molecule has 0 radical (unpaired) electrons. The molecular weight excluding hydrogens is 520 g/mol. The summed E-state index contributed by atoms with van der Waals surface area (Å²) in [4.78, 5) is 85.0. The van der Waals surface area contributed by atoms with E-state index in [0.717, 1.165) is 0 Å². The van der Waals surface area contributed by atoms with E-state index in [1.165, 1.54) is 6.92 Å². The van der Waals surface area contributed by atoms with Crippen molar-refractivity contribution in [3.8, 4) is 0 Å². The van der Waals surface area contributed by atoms with Gasteiger partial charge in [0, 0.05) is 19.1 Å². The predicted molar refractivity (Wildman–Crippen MR) is 123 cm³/mol. The monoisotopic (exact) mass is 556 g/mol. The summed E-state index contributed by atoms with van der Waals surface area (Å²) in [6, 6.07) is 0.681. The highest BCUT2D eigenvalue weighted by Crippen LogP contribution is 2.44. The van der Waals surface area contributed by atoms with Crippen molar-refractivity contribution in [3.63, 3.8) is 0 Å². The van der Waals surface area contributed by atoms with Crippen molar-refractivity contribution >= 4 is 39.5 Å². The molecule has 12 N–H and O–H groups in total. The summed E-state index contributed by atoms with van der Waals surface area (Å²) in [5, 5.41) is 11.8. The maximum atomic E-state index is 13.5. The second-order valence-electron chi connectivity index (χ2n) is 7.69. The van der Waals surface area contributed by atoms with Gasteiger partial charge in [-0.3, -0.25) is 24.4 Å². The molecule has 5 atom stereocenters. The van der Waals surface area contributed by atoms with Gasteiger partial charge in [0.1, 0.15) is 6.23 Å². The van der Waals surface area contributed by atoms with E-state index in [9.17, 15) is 29.2 Å². The first kappa shape index (κ1) is 34.2. The number of nitrogens with two attached hydrogens (primary N) is 5. The van der Waals surface area contributed by atoms with Gasteiger partial charge in [0.15, 0.2) is 15.2 Å². The Morgan fingerprint density at radius 2 is 1.59 bits per heavy atom. The third kappa shape index (κ3) is 8.94. The molecule has 0 aliphatic heterocycles. The Morgan fingerprint density at radius 3 is 2.05 bits per heavy atom. The van der Waals surface area contributed by atoms with Crippen LogP contribution in [0.4, 0.5) is 0 Å². The minimum absolute atomic E-state index is 0.0455. The second-order valence-corrected chi connectivity index (χ2v) is 9.21. The predicted octanol–water partition coefficient (Wildman–Crippen LogP) is -3.89. The number of carbonyl (C=O) groups excluding carboxylic acids is 5. The molecule has 0 aliphatic rings. The highest BCUT2D eigenvalue weighted by atomic mass is 28.2. The summed E-state index contributed by atoms with van der Waals surface area (Å²) < 4.78 is 5.35. The van der Waals surface area contributed by atoms with Crippen molar-refractivity contribution in [1.29, 1.82) is 0 Å². The van der Waals surface area contributed by atoms with Crippen molar-refractivity contribution in [2.24, 2.45) is 52.5 Å². The van der Waals surface area contributed by atoms with Crippen molar-refractivity contribution in [2.45, 2.75) is 45.4 Å². The molecule has 1 amide bonds. The minimum Gasteiger partial charge on any atom is -0.424 e. The normalized spacial score (nSPS) is 16.1. The Morgan fingerprint density at radius 1 is 0.973 bits per heavy atom. The summed E-state index contributed by atoms with van der Waals surface area (Å²) >= 11 is 0. The lowest BCUT2D eigenvalue weighted by molar-refractivity contribution is -0.298. The smallest absolute Gasteiger partial charge is 0.340 e. The van der Waals surface area contributed by atoms with Gasteiger partial charge in [0.25, 0.3) is 0 Å². The fourth-order valence-electron chi connectivity index (χ4n) is 4.00. The third-order valence-corrected chi connectivity index (χ3v) is 7.31. The van der Waals surface area contributed by atoms with Crippen molar-refractivity contribution in [1.82, 2.24) is 5.32 Å². The van der Waals surface area contributed by atoms with Gasteiger partial charge in [-0.05, 0) is 25.8 Å². The third-order valence-electron chi connectivity index (χ3n) is 5.83. The molecule has 0 aromatic carbocycles. The largest absolute Gasteiger partial charge is 0.424 e. The molecule has 0 saturated carbocycles. The van der Waals surface area contributed by atoms with Gasteiger partial charge in [-0.25, -0.2) is 9.68 Å². The second kappa shape index (κ2) is 17.7. The maximum Gasteiger partial charge on any atom is 0.340 e. The number of hydrogen-bond acceptors (Lipinski definition) is 17. The van der Waals surface area contributed by atoms with Crippen molar-refractivity contribution in [2.75, 3.05) is 13.2 Å². The van der Waals surface area contributed by atoms with Gasteiger partial charge >= 0.3 is 23.9 Å². The first-order valence-electron chi connectivity index (χ1n) is 11.1. The fourth-order valence-corrected chi connectivity index (χ4v) is 4.94. The van der Waals surface area contributed by atoms with Crippen LogP contribution in [0.5, 0.6) is 0 Å². The van der Waals surface area contributed by atoms with E-state index in [-0.39, 0.29) is 6.54 Å². The van der Waals surface area contributed by atoms with E-state index in [0.29, 0.717) is 19.1 Å². The molecule has 0 bridgehead atoms. The molecule has 0 saturated heterocycles. The lowest BCUT2D eigenvalue weighted by Crippen LogP contribution is -2.61. The first-order chi connectivity index (χ1) is 17.6. The van der Waals surface area contributed by atoms with Crippen LogP contribution in [0.1, 0.15) is 33.1 Å². The Labute approximate surface area is 214 Å². The number of hydrogen-bond donors (Lipinski definition) is 7. The maximum absolute atomic E-state index is 13.5. The van der Waals surface area contributed by atoms with E-state index < -0.39 is 81.8 Å². The molecule has 19 heteroatoms. The van der Waals surface area contributed by atoms with Crippen LogP contribution in [0.25, 0.3) is 0 Å². The molecule has 18 nitrogen and oxygen atoms in total. The number of amides is 1. The van der Waals surface area contributed by atoms with Gasteiger partial charge in [0.05, 0.1) is 18.3 Å². The van der Waals surface area contributed by atoms with Crippen molar-refractivity contribution in [3.05, 3.63) is 0 Å². The SMILES string of the molecule is CCO[SiH2]CCCNC(=O)[C@@](CC)(C(=O)ON)[C@@H](C(=O)ON)C(C(N)OO)C(CC(=O)ON)C(=O)ON. The van der Waals surface area contributed by atoms with Crippen LogP contribution >= 0.6 is 0 Å². The van der Waals surface area contributed by atoms with Crippen LogP contribution in [0.2, 0.25) is 6.04 Å². The first-order valence-corrected chi connectivity index (χ1v) is 12.7. The molecular formula is C18H36N6O12Si. The number of rotatable bonds is 18. The summed E-state index contributed by atoms with van der Waals surface area (Å²) in [5.41, 5.74) is 3.24. The highest BCUT2D eigenvalue weighted by Gasteiger charge is 2.62. The zero-order valence-corrected chi connectivity index (χ0v) is 22.0. The van der Waals surface area contributed by atoms with Crippen LogP contribution in [-0.2, 0) is 52.6 Å². The average Bonchev–Trinajstić information content (AvgIpc) is 2.92. The molecule has 214 valence electrons. The van der Waals surface area contributed by atoms with Crippen molar-refractivity contribution < 1.29 is 57.9 Å². The van der Waals surface area contributed by atoms with Gasteiger partial charge in [-0.1, -0.05) is 6.92 Å². The summed E-state index contributed by atoms with van der Waals surface area (Å²) in [6.45, 7) is 3.76. The number of nitrogens with one attached hydrogen (secondary N) is 1. The van der Waals surface area contributed by atoms with Gasteiger partial charge in [-0.15, -0.1) is 0 Å². The van der Waals surface area contributed by atoms with Crippen LogP contribution in [0.3, 0.4) is 0 Å². The van der Waals surface area contributed by atoms with Gasteiger partial charge in [-0.2, -0.15) is 23.6 Å². The van der Waals surface area contributed by atoms with Crippen LogP contribution in [0, 0.1) is 23.2 Å². The topological polar surface area (TPSA) is 303 Å². The zero-order chi connectivity index (χ0) is 28.6. The summed E-state index contributed by atoms with van der Waals surface area (Å²) in [6.07, 6.45) is -3.03. The summed E-state index contributed by atoms with van der Waals surface area (Å²) in [7, 11) is -0.820. The van der Waals surface area contributed by atoms with E-state index >= 15 is 0 Å². The Hall–Kier alpha value is -2.75. The molecule has 3 unspecified atom stereocenters. The van der Waals surface area contributed by atoms with Gasteiger partial charge in [0.2, 0.25) is 5.91 Å². The Balaban J connectivity index is 6.84. The minimum atomic E-state index is -2.57. The fraction of sp³-hybridized carbons (Fsp3) is 0.722. The van der Waals surface area contributed by atoms with E-state index in [1.54, 1.807) is 0 Å². The molecule has 0 rings (SSSR count). The molecule has 0 aromatic heterocycles. The molecule has 0 aromatic rings. The summed E-state index contributed by atoms with van der Waals surface area (Å²) in [5.74, 6) is 7.34. The van der Waals surface area contributed by atoms with E-state index in [2.05, 4.69) is 29.6 Å².